The van der Waals surface area contributed by atoms with E-state index in [-0.39, 0.29) is 23.3 Å². The Hall–Kier alpha value is -4.01. The Morgan fingerprint density at radius 3 is 1.72 bits per heavy atom. The van der Waals surface area contributed by atoms with Gasteiger partial charge in [-0.2, -0.15) is 13.2 Å². The van der Waals surface area contributed by atoms with Crippen LogP contribution in [-0.4, -0.2) is 0 Å². The maximum absolute atomic E-state index is 14.9. The van der Waals surface area contributed by atoms with Crippen LogP contribution in [0.5, 0.6) is 0 Å². The van der Waals surface area contributed by atoms with Gasteiger partial charge in [-0.1, -0.05) is 55.8 Å². The van der Waals surface area contributed by atoms with Gasteiger partial charge in [0.05, 0.1) is 0 Å². The number of hydrogen-bond donors (Lipinski definition) is 0. The number of aryl methyl sites for hydroxylation is 1. The third kappa shape index (κ3) is 5.87. The smallest absolute Gasteiger partial charge is 0.206 e. The number of halogens is 9. The Morgan fingerprint density at radius 1 is 0.615 bits per heavy atom. The second kappa shape index (κ2) is 11.0. The van der Waals surface area contributed by atoms with Crippen molar-refractivity contribution in [2.24, 2.45) is 0 Å². The van der Waals surface area contributed by atoms with Gasteiger partial charge in [-0.3, -0.25) is 0 Å². The van der Waals surface area contributed by atoms with Crippen molar-refractivity contribution in [2.75, 3.05) is 0 Å². The van der Waals surface area contributed by atoms with E-state index in [0.717, 1.165) is 42.2 Å². The predicted octanol–water partition coefficient (Wildman–Crippen LogP) is 10.3. The third-order valence-corrected chi connectivity index (χ3v) is 6.08. The van der Waals surface area contributed by atoms with Crippen LogP contribution in [0.25, 0.3) is 33.9 Å². The van der Waals surface area contributed by atoms with E-state index < -0.39 is 57.8 Å². The van der Waals surface area contributed by atoms with Crippen molar-refractivity contribution in [2.45, 2.75) is 25.9 Å². The molecular formula is C30H19F9. The van der Waals surface area contributed by atoms with Gasteiger partial charge >= 0.3 is 6.18 Å². The molecule has 39 heavy (non-hydrogen) atoms. The maximum Gasteiger partial charge on any atom is 0.422 e. The molecule has 0 N–H and O–H groups in total. The van der Waals surface area contributed by atoms with E-state index in [1.165, 1.54) is 12.1 Å². The van der Waals surface area contributed by atoms with E-state index in [2.05, 4.69) is 6.92 Å². The predicted molar refractivity (Wildman–Crippen MR) is 132 cm³/mol. The van der Waals surface area contributed by atoms with Crippen molar-refractivity contribution >= 4 is 11.7 Å². The Kier molecular flexibility index (Phi) is 7.90. The van der Waals surface area contributed by atoms with Crippen molar-refractivity contribution in [1.82, 2.24) is 0 Å². The molecule has 0 unspecified atom stereocenters. The molecule has 0 amide bonds. The Labute approximate surface area is 218 Å². The molecule has 4 rings (SSSR count). The maximum atomic E-state index is 14.9. The zero-order valence-corrected chi connectivity index (χ0v) is 20.2. The lowest BCUT2D eigenvalue weighted by Crippen LogP contribution is -2.11. The molecule has 0 atom stereocenters. The Bertz CT molecular complexity index is 1530. The minimum atomic E-state index is -5.40. The van der Waals surface area contributed by atoms with Crippen LogP contribution in [0.15, 0.2) is 72.8 Å². The first-order valence-electron chi connectivity index (χ1n) is 11.7. The molecule has 4 aromatic rings. The molecule has 4 aromatic carbocycles. The van der Waals surface area contributed by atoms with Crippen LogP contribution in [0, 0.1) is 23.3 Å². The monoisotopic (exact) mass is 550 g/mol. The van der Waals surface area contributed by atoms with Crippen LogP contribution in [0.1, 0.15) is 35.6 Å². The molecule has 0 nitrogen and oxygen atoms in total. The summed E-state index contributed by atoms with van der Waals surface area (Å²) in [6, 6.07) is 14.4. The van der Waals surface area contributed by atoms with Crippen molar-refractivity contribution in [3.63, 3.8) is 0 Å². The van der Waals surface area contributed by atoms with Crippen LogP contribution in [0.3, 0.4) is 0 Å². The van der Waals surface area contributed by atoms with Gasteiger partial charge in [-0.25, -0.2) is 26.3 Å². The summed E-state index contributed by atoms with van der Waals surface area (Å²) in [6.07, 6.45) is -3.51. The number of hydrogen-bond acceptors (Lipinski definition) is 0. The minimum Gasteiger partial charge on any atom is -0.206 e. The minimum absolute atomic E-state index is 0.00146. The van der Waals surface area contributed by atoms with Gasteiger partial charge in [0.25, 0.3) is 0 Å². The Balaban J connectivity index is 1.64. The van der Waals surface area contributed by atoms with Crippen LogP contribution >= 0.6 is 0 Å². The fourth-order valence-corrected chi connectivity index (χ4v) is 4.16. The van der Waals surface area contributed by atoms with Crippen LogP contribution in [-0.2, 0) is 12.6 Å². The molecule has 0 aliphatic rings. The molecule has 0 radical (unpaired) electrons. The van der Waals surface area contributed by atoms with Gasteiger partial charge in [-0.15, -0.1) is 0 Å². The highest BCUT2D eigenvalue weighted by atomic mass is 19.4. The van der Waals surface area contributed by atoms with Crippen molar-refractivity contribution < 1.29 is 39.5 Å². The van der Waals surface area contributed by atoms with Gasteiger partial charge in [-0.05, 0) is 59.0 Å². The lowest BCUT2D eigenvalue weighted by Gasteiger charge is -2.11. The number of rotatable bonds is 6. The fraction of sp³-hybridized carbons (Fsp3) is 0.133. The van der Waals surface area contributed by atoms with Gasteiger partial charge in [0.15, 0.2) is 11.7 Å². The molecule has 0 aromatic heterocycles. The quantitative estimate of drug-likeness (QED) is 0.166. The molecular weight excluding hydrogens is 531 g/mol. The average molecular weight is 550 g/mol. The van der Waals surface area contributed by atoms with Crippen LogP contribution in [0.4, 0.5) is 39.5 Å². The van der Waals surface area contributed by atoms with E-state index in [1.807, 2.05) is 24.3 Å². The zero-order valence-electron chi connectivity index (χ0n) is 20.2. The van der Waals surface area contributed by atoms with Crippen LogP contribution < -0.4 is 0 Å². The lowest BCUT2D eigenvalue weighted by atomic mass is 9.97. The summed E-state index contributed by atoms with van der Waals surface area (Å²) in [7, 11) is 0. The molecule has 202 valence electrons. The van der Waals surface area contributed by atoms with E-state index in [0.29, 0.717) is 5.56 Å². The molecule has 0 saturated carbocycles. The standard InChI is InChI=1S/C30H19F9/c1-2-3-16-4-6-17(7-5-16)18-8-10-21(23(31)12-18)19-9-11-22(24(32)13-19)29(36)28(35)20-14-25(33)27(26(34)15-20)30(37,38)39/h4-15H,2-3H2,1H3/b29-28+. The number of benzene rings is 4. The molecule has 0 spiro atoms. The molecule has 9 heteroatoms. The SMILES string of the molecule is CCCc1ccc(-c2ccc(-c3ccc(/C(F)=C(\F)c4cc(F)c(C(F)(F)F)c(F)c4)c(F)c3)c(F)c2)cc1. The summed E-state index contributed by atoms with van der Waals surface area (Å²) in [4.78, 5) is 0. The molecule has 0 bridgehead atoms. The van der Waals surface area contributed by atoms with E-state index >= 15 is 0 Å². The van der Waals surface area contributed by atoms with Gasteiger partial charge in [0, 0.05) is 16.7 Å². The normalized spacial score (nSPS) is 12.5. The summed E-state index contributed by atoms with van der Waals surface area (Å²) >= 11 is 0. The van der Waals surface area contributed by atoms with Crippen molar-refractivity contribution in [3.8, 4) is 22.3 Å². The van der Waals surface area contributed by atoms with Gasteiger partial charge in [0.1, 0.15) is 28.8 Å². The summed E-state index contributed by atoms with van der Waals surface area (Å²) < 4.78 is 125. The first kappa shape index (κ1) is 28.0. The zero-order chi connectivity index (χ0) is 28.5. The van der Waals surface area contributed by atoms with Crippen molar-refractivity contribution in [1.29, 1.82) is 0 Å². The average Bonchev–Trinajstić information content (AvgIpc) is 2.87. The second-order valence-corrected chi connectivity index (χ2v) is 8.78. The summed E-state index contributed by atoms with van der Waals surface area (Å²) in [5.74, 6) is -10.2. The molecule has 0 aliphatic carbocycles. The Morgan fingerprint density at radius 2 is 1.18 bits per heavy atom. The first-order valence-corrected chi connectivity index (χ1v) is 11.7. The largest absolute Gasteiger partial charge is 0.422 e. The van der Waals surface area contributed by atoms with Crippen molar-refractivity contribution in [3.05, 3.63) is 118 Å². The number of alkyl halides is 3. The summed E-state index contributed by atoms with van der Waals surface area (Å²) in [6.45, 7) is 2.06. The lowest BCUT2D eigenvalue weighted by molar-refractivity contribution is -0.142. The molecule has 0 aliphatic heterocycles. The van der Waals surface area contributed by atoms with E-state index in [9.17, 15) is 39.5 Å². The highest BCUT2D eigenvalue weighted by Gasteiger charge is 2.38. The van der Waals surface area contributed by atoms with E-state index in [1.54, 1.807) is 6.07 Å². The van der Waals surface area contributed by atoms with Gasteiger partial charge < -0.3 is 0 Å². The molecule has 0 heterocycles. The fourth-order valence-electron chi connectivity index (χ4n) is 4.16. The van der Waals surface area contributed by atoms with Gasteiger partial charge in [0.2, 0.25) is 0 Å². The highest BCUT2D eigenvalue weighted by Crippen LogP contribution is 2.38. The highest BCUT2D eigenvalue weighted by molar-refractivity contribution is 5.84. The summed E-state index contributed by atoms with van der Waals surface area (Å²) in [5, 5.41) is 0. The second-order valence-electron chi connectivity index (χ2n) is 8.78. The van der Waals surface area contributed by atoms with E-state index in [4.69, 9.17) is 0 Å². The molecule has 0 fully saturated rings. The third-order valence-electron chi connectivity index (χ3n) is 6.08. The molecule has 0 saturated heterocycles. The van der Waals surface area contributed by atoms with Crippen LogP contribution in [0.2, 0.25) is 0 Å². The first-order chi connectivity index (χ1) is 18.4. The topological polar surface area (TPSA) is 0 Å². The summed E-state index contributed by atoms with van der Waals surface area (Å²) in [5.41, 5.74) is -1.98.